The van der Waals surface area contributed by atoms with E-state index >= 15 is 0 Å². The van der Waals surface area contributed by atoms with E-state index in [1.807, 2.05) is 30.3 Å². The van der Waals surface area contributed by atoms with Crippen LogP contribution >= 0.6 is 0 Å². The number of rotatable bonds is 19. The molecule has 1 aromatic carbocycles. The van der Waals surface area contributed by atoms with Crippen LogP contribution in [0.3, 0.4) is 0 Å². The number of hydrogen-bond acceptors (Lipinski definition) is 9. The molecule has 1 unspecified atom stereocenters. The van der Waals surface area contributed by atoms with Crippen molar-refractivity contribution in [1.29, 1.82) is 0 Å². The van der Waals surface area contributed by atoms with Gasteiger partial charge in [0.05, 0.1) is 26.0 Å². The van der Waals surface area contributed by atoms with Crippen molar-refractivity contribution in [2.24, 2.45) is 17.6 Å². The Balaban J connectivity index is 1.41. The zero-order chi connectivity index (χ0) is 38.9. The summed E-state index contributed by atoms with van der Waals surface area (Å²) in [6, 6.07) is 8.02. The fraction of sp³-hybridized carbons (Fsp3) is 0.675. The van der Waals surface area contributed by atoms with E-state index in [2.05, 4.69) is 29.1 Å². The summed E-state index contributed by atoms with van der Waals surface area (Å²) in [5, 5.41) is 2.88. The minimum atomic E-state index is -1.02. The van der Waals surface area contributed by atoms with Crippen LogP contribution in [0.4, 0.5) is 9.59 Å². The smallest absolute Gasteiger partial charge is 0.409 e. The lowest BCUT2D eigenvalue weighted by Gasteiger charge is -2.32. The van der Waals surface area contributed by atoms with Gasteiger partial charge < -0.3 is 44.9 Å². The first-order valence-electron chi connectivity index (χ1n) is 19.7. The summed E-state index contributed by atoms with van der Waals surface area (Å²) in [7, 11) is 3.29. The molecule has 1 aliphatic heterocycles. The molecule has 4 atom stereocenters. The van der Waals surface area contributed by atoms with Gasteiger partial charge in [0.1, 0.15) is 18.2 Å². The van der Waals surface area contributed by atoms with Crippen LogP contribution in [0, 0.1) is 11.8 Å². The average Bonchev–Trinajstić information content (AvgIpc) is 3.69. The van der Waals surface area contributed by atoms with Gasteiger partial charge in [-0.3, -0.25) is 4.79 Å². The van der Waals surface area contributed by atoms with Gasteiger partial charge in [0.25, 0.3) is 0 Å². The number of urea groups is 1. The first-order valence-corrected chi connectivity index (χ1v) is 19.7. The number of likely N-dealkylation sites (N-methyl/N-ethyl adjacent to an activating group) is 2. The quantitative estimate of drug-likeness (QED) is 0.174. The molecule has 1 aliphatic carbocycles. The molecule has 2 aromatic rings. The van der Waals surface area contributed by atoms with Crippen molar-refractivity contribution < 1.29 is 33.4 Å². The van der Waals surface area contributed by atoms with Crippen molar-refractivity contribution in [3.63, 3.8) is 0 Å². The number of carbonyl (C=O) groups is 4. The van der Waals surface area contributed by atoms with E-state index in [-0.39, 0.29) is 37.9 Å². The van der Waals surface area contributed by atoms with Crippen molar-refractivity contribution in [1.82, 2.24) is 30.0 Å². The molecule has 1 aromatic heterocycles. The van der Waals surface area contributed by atoms with Gasteiger partial charge in [0.15, 0.2) is 0 Å². The lowest BCUT2D eigenvalue weighted by molar-refractivity contribution is -0.155. The van der Waals surface area contributed by atoms with E-state index in [0.29, 0.717) is 56.8 Å². The summed E-state index contributed by atoms with van der Waals surface area (Å²) in [5.41, 5.74) is 8.30. The van der Waals surface area contributed by atoms with Gasteiger partial charge in [-0.05, 0) is 36.7 Å². The van der Waals surface area contributed by atoms with Crippen LogP contribution in [0.15, 0.2) is 42.9 Å². The molecular formula is C40H63N7O7. The van der Waals surface area contributed by atoms with Crippen molar-refractivity contribution in [3.8, 4) is 0 Å². The highest BCUT2D eigenvalue weighted by Gasteiger charge is 2.32. The molecule has 1 saturated heterocycles. The number of nitrogens with one attached hydrogen (secondary N) is 2. The normalized spacial score (nSPS) is 17.3. The topological polar surface area (TPSA) is 172 Å². The van der Waals surface area contributed by atoms with Crippen LogP contribution in [-0.2, 0) is 36.6 Å². The average molecular weight is 754 g/mol. The fourth-order valence-electron chi connectivity index (χ4n) is 7.07. The van der Waals surface area contributed by atoms with E-state index in [1.165, 1.54) is 30.5 Å². The molecular weight excluding hydrogens is 690 g/mol. The molecule has 1 saturated carbocycles. The number of carbonyl (C=O) groups excluding carboxylic acids is 4. The highest BCUT2D eigenvalue weighted by molar-refractivity contribution is 5.85. The number of ether oxygens (including phenoxy) is 3. The molecule has 0 radical (unpaired) electrons. The van der Waals surface area contributed by atoms with Crippen molar-refractivity contribution in [2.75, 3.05) is 53.5 Å². The standard InChI is InChI=1S/C40H63N7O7/c1-29(2)15-16-36(34(41)24-31-13-9-6-10-14-31)54-38(49)35(25-32-27-42-28-43-32)44-37(48)26-33(23-30-11-7-5-8-12-30)53-40(51)46(4)18-17-45(3)39(50)47-19-21-52-22-20-47/h5,7-8,11-12,27-29,31,33-36H,6,9-10,13-26,41H2,1-4H3,(H,42,43)(H,44,48)/t33?,34-,35-,36-/m0/s1. The van der Waals surface area contributed by atoms with Gasteiger partial charge >= 0.3 is 18.1 Å². The number of nitrogens with zero attached hydrogens (tertiary/aromatic N) is 4. The largest absolute Gasteiger partial charge is 0.459 e. The van der Waals surface area contributed by atoms with Gasteiger partial charge in [-0.1, -0.05) is 76.3 Å². The van der Waals surface area contributed by atoms with E-state index in [4.69, 9.17) is 19.9 Å². The number of esters is 1. The predicted octanol–water partition coefficient (Wildman–Crippen LogP) is 4.54. The number of imidazole rings is 1. The number of H-pyrrole nitrogens is 1. The van der Waals surface area contributed by atoms with Crippen LogP contribution in [-0.4, -0.2) is 126 Å². The van der Waals surface area contributed by atoms with Gasteiger partial charge in [-0.2, -0.15) is 0 Å². The van der Waals surface area contributed by atoms with E-state index in [0.717, 1.165) is 31.2 Å². The van der Waals surface area contributed by atoms with Crippen LogP contribution in [0.25, 0.3) is 0 Å². The second-order valence-corrected chi connectivity index (χ2v) is 15.4. The Morgan fingerprint density at radius 2 is 1.69 bits per heavy atom. The Morgan fingerprint density at radius 3 is 2.35 bits per heavy atom. The van der Waals surface area contributed by atoms with Crippen molar-refractivity contribution in [2.45, 2.75) is 109 Å². The van der Waals surface area contributed by atoms with Crippen molar-refractivity contribution in [3.05, 3.63) is 54.1 Å². The SMILES string of the molecule is CC(C)CC[C@H](OC(=O)[C@H](Cc1cnc[nH]1)NC(=O)CC(Cc1ccccc1)OC(=O)N(C)CCN(C)C(=O)N1CCOCC1)[C@@H](N)CC1CCCCC1. The summed E-state index contributed by atoms with van der Waals surface area (Å²) in [4.78, 5) is 65.6. The van der Waals surface area contributed by atoms with Gasteiger partial charge in [-0.15, -0.1) is 0 Å². The molecule has 2 aliphatic rings. The highest BCUT2D eigenvalue weighted by Crippen LogP contribution is 2.29. The Morgan fingerprint density at radius 1 is 0.981 bits per heavy atom. The van der Waals surface area contributed by atoms with Crippen LogP contribution < -0.4 is 11.1 Å². The number of nitrogens with two attached hydrogens (primary N) is 1. The molecule has 2 heterocycles. The minimum absolute atomic E-state index is 0.126. The van der Waals surface area contributed by atoms with E-state index in [1.54, 1.807) is 30.1 Å². The van der Waals surface area contributed by atoms with Gasteiger partial charge in [-0.25, -0.2) is 19.4 Å². The van der Waals surface area contributed by atoms with Crippen LogP contribution in [0.5, 0.6) is 0 Å². The third kappa shape index (κ3) is 14.6. The second-order valence-electron chi connectivity index (χ2n) is 15.4. The fourth-order valence-corrected chi connectivity index (χ4v) is 7.07. The molecule has 4 rings (SSSR count). The Kier molecular flexibility index (Phi) is 17.6. The molecule has 14 heteroatoms. The molecule has 0 spiro atoms. The first kappa shape index (κ1) is 42.6. The molecule has 54 heavy (non-hydrogen) atoms. The summed E-state index contributed by atoms with van der Waals surface area (Å²) >= 11 is 0. The Labute approximate surface area is 320 Å². The Hall–Kier alpha value is -4.17. The van der Waals surface area contributed by atoms with E-state index < -0.39 is 36.2 Å². The predicted molar refractivity (Wildman–Crippen MR) is 205 cm³/mol. The van der Waals surface area contributed by atoms with Gasteiger partial charge in [0, 0.05) is 71.0 Å². The second kappa shape index (κ2) is 22.3. The van der Waals surface area contributed by atoms with Crippen LogP contribution in [0.1, 0.15) is 82.9 Å². The molecule has 0 bridgehead atoms. The highest BCUT2D eigenvalue weighted by atomic mass is 16.6. The third-order valence-corrected chi connectivity index (χ3v) is 10.4. The zero-order valence-electron chi connectivity index (χ0n) is 32.8. The number of benzene rings is 1. The molecule has 4 amide bonds. The first-order chi connectivity index (χ1) is 26.0. The lowest BCUT2D eigenvalue weighted by Crippen LogP contribution is -2.49. The van der Waals surface area contributed by atoms with Crippen molar-refractivity contribution >= 4 is 24.0 Å². The third-order valence-electron chi connectivity index (χ3n) is 10.4. The maximum atomic E-state index is 13.9. The number of aromatic nitrogens is 2. The van der Waals surface area contributed by atoms with E-state index in [9.17, 15) is 19.2 Å². The molecule has 14 nitrogen and oxygen atoms in total. The monoisotopic (exact) mass is 753 g/mol. The maximum Gasteiger partial charge on any atom is 0.409 e. The summed E-state index contributed by atoms with van der Waals surface area (Å²) in [6.45, 7) is 6.85. The number of amides is 4. The maximum absolute atomic E-state index is 13.9. The molecule has 300 valence electrons. The molecule has 4 N–H and O–H groups in total. The van der Waals surface area contributed by atoms with Crippen LogP contribution in [0.2, 0.25) is 0 Å². The lowest BCUT2D eigenvalue weighted by atomic mass is 9.83. The number of hydrogen-bond donors (Lipinski definition) is 3. The molecule has 2 fully saturated rings. The van der Waals surface area contributed by atoms with Gasteiger partial charge in [0.2, 0.25) is 5.91 Å². The zero-order valence-corrected chi connectivity index (χ0v) is 32.8. The summed E-state index contributed by atoms with van der Waals surface area (Å²) < 4.78 is 17.4. The summed E-state index contributed by atoms with van der Waals surface area (Å²) in [5.74, 6) is -0.0847. The minimum Gasteiger partial charge on any atom is -0.459 e. The number of morpholine rings is 1. The Bertz CT molecular complexity index is 1410. The number of aromatic amines is 1. The summed E-state index contributed by atoms with van der Waals surface area (Å²) in [6.07, 6.45) is 9.69.